The minimum atomic E-state index is -3.93. The van der Waals surface area contributed by atoms with Crippen LogP contribution in [-0.4, -0.2) is 65.8 Å². The summed E-state index contributed by atoms with van der Waals surface area (Å²) in [7, 11) is -2.41. The van der Waals surface area contributed by atoms with Crippen molar-refractivity contribution in [1.82, 2.24) is 24.2 Å². The van der Waals surface area contributed by atoms with Crippen molar-refractivity contribution < 1.29 is 8.42 Å². The number of benzene rings is 2. The highest BCUT2D eigenvalue weighted by molar-refractivity contribution is 7.89. The highest BCUT2D eigenvalue weighted by Crippen LogP contribution is 2.42. The van der Waals surface area contributed by atoms with Gasteiger partial charge < -0.3 is 9.88 Å². The van der Waals surface area contributed by atoms with Gasteiger partial charge in [-0.1, -0.05) is 41.4 Å². The topological polar surface area (TPSA) is 85.4 Å². The van der Waals surface area contributed by atoms with Gasteiger partial charge in [0.2, 0.25) is 10.0 Å². The number of aryl methyl sites for hydroxylation is 1. The van der Waals surface area contributed by atoms with Gasteiger partial charge in [-0.05, 0) is 86.5 Å². The van der Waals surface area contributed by atoms with Gasteiger partial charge in [-0.15, -0.1) is 0 Å². The second-order valence-electron chi connectivity index (χ2n) is 11.7. The molecule has 0 atom stereocenters. The third-order valence-electron chi connectivity index (χ3n) is 9.10. The zero-order valence-electron chi connectivity index (χ0n) is 24.0. The van der Waals surface area contributed by atoms with Crippen LogP contribution in [0.3, 0.4) is 0 Å². The van der Waals surface area contributed by atoms with E-state index in [-0.39, 0.29) is 21.5 Å². The van der Waals surface area contributed by atoms with Crippen LogP contribution >= 0.6 is 23.2 Å². The lowest BCUT2D eigenvalue weighted by molar-refractivity contribution is 0.0760. The van der Waals surface area contributed by atoms with E-state index in [1.165, 1.54) is 48.3 Å². The lowest BCUT2D eigenvalue weighted by Crippen LogP contribution is -2.46. The van der Waals surface area contributed by atoms with Crippen molar-refractivity contribution in [3.63, 3.8) is 0 Å². The zero-order chi connectivity index (χ0) is 29.5. The van der Waals surface area contributed by atoms with E-state index in [2.05, 4.69) is 38.0 Å². The fourth-order valence-corrected chi connectivity index (χ4v) is 8.65. The molecule has 2 saturated heterocycles. The first-order valence-electron chi connectivity index (χ1n) is 14.4. The highest BCUT2D eigenvalue weighted by atomic mass is 35.5. The summed E-state index contributed by atoms with van der Waals surface area (Å²) < 4.78 is 28.0. The maximum absolute atomic E-state index is 13.4. The van der Waals surface area contributed by atoms with Gasteiger partial charge in [0, 0.05) is 44.8 Å². The molecule has 1 N–H and O–H groups in total. The molecule has 0 bridgehead atoms. The number of imidazole rings is 1. The molecule has 222 valence electrons. The molecule has 2 aliphatic heterocycles. The summed E-state index contributed by atoms with van der Waals surface area (Å²) in [6, 6.07) is 13.6. The van der Waals surface area contributed by atoms with Crippen molar-refractivity contribution in [2.24, 2.45) is 5.41 Å². The lowest BCUT2D eigenvalue weighted by atomic mass is 9.71. The van der Waals surface area contributed by atoms with Crippen molar-refractivity contribution in [2.75, 3.05) is 38.1 Å². The first kappa shape index (κ1) is 29.4. The van der Waals surface area contributed by atoms with Crippen LogP contribution in [-0.2, 0) is 23.1 Å². The smallest absolute Gasteiger partial charge is 0.246 e. The Balaban J connectivity index is 1.11. The number of nitrogens with zero attached hydrogens (tertiary/aromatic N) is 5. The van der Waals surface area contributed by atoms with Crippen LogP contribution in [0.1, 0.15) is 42.6 Å². The van der Waals surface area contributed by atoms with E-state index < -0.39 is 10.0 Å². The fourth-order valence-electron chi connectivity index (χ4n) is 6.39. The number of fused-ring (bicyclic) bond motifs is 1. The van der Waals surface area contributed by atoms with Crippen LogP contribution in [0.4, 0.5) is 5.69 Å². The molecule has 0 unspecified atom stereocenters. The number of sulfonamides is 1. The first-order chi connectivity index (χ1) is 20.1. The number of halogens is 2. The predicted octanol–water partition coefficient (Wildman–Crippen LogP) is 6.28. The molecule has 0 aliphatic carbocycles. The molecule has 4 heterocycles. The Morgan fingerprint density at radius 2 is 1.67 bits per heavy atom. The van der Waals surface area contributed by atoms with Crippen molar-refractivity contribution in [1.29, 1.82) is 0 Å². The van der Waals surface area contributed by atoms with E-state index in [1.807, 2.05) is 24.5 Å². The highest BCUT2D eigenvalue weighted by Gasteiger charge is 2.37. The van der Waals surface area contributed by atoms with Crippen LogP contribution in [0.5, 0.6) is 0 Å². The molecule has 2 aromatic heterocycles. The molecule has 42 heavy (non-hydrogen) atoms. The van der Waals surface area contributed by atoms with Gasteiger partial charge in [-0.2, -0.15) is 4.31 Å². The third kappa shape index (κ3) is 5.77. The van der Waals surface area contributed by atoms with Gasteiger partial charge in [0.15, 0.2) is 0 Å². The Bertz CT molecular complexity index is 1680. The minimum Gasteiger partial charge on any atom is -0.371 e. The van der Waals surface area contributed by atoms with E-state index in [0.717, 1.165) is 43.8 Å². The molecule has 11 heteroatoms. The van der Waals surface area contributed by atoms with E-state index in [1.54, 1.807) is 19.1 Å². The number of H-pyrrole nitrogens is 1. The second kappa shape index (κ2) is 11.8. The van der Waals surface area contributed by atoms with Gasteiger partial charge in [0.1, 0.15) is 10.7 Å². The molecule has 4 aromatic rings. The first-order valence-corrected chi connectivity index (χ1v) is 16.6. The van der Waals surface area contributed by atoms with E-state index in [0.29, 0.717) is 16.8 Å². The number of pyridine rings is 1. The van der Waals surface area contributed by atoms with Crippen LogP contribution < -0.4 is 4.90 Å². The molecule has 6 rings (SSSR count). The second-order valence-corrected chi connectivity index (χ2v) is 14.5. The molecular weight excluding hydrogens is 591 g/mol. The fraction of sp³-hybridized carbons (Fsp3) is 0.419. The zero-order valence-corrected chi connectivity index (χ0v) is 26.3. The molecular formula is C31H36Cl2N6O2S. The number of nitrogens with one attached hydrogen (secondary N) is 1. The molecule has 2 aliphatic rings. The summed E-state index contributed by atoms with van der Waals surface area (Å²) in [5.74, 6) is 0.571. The predicted molar refractivity (Wildman–Crippen MR) is 169 cm³/mol. The van der Waals surface area contributed by atoms with Gasteiger partial charge in [-0.25, -0.2) is 13.4 Å². The number of likely N-dealkylation sites (tertiary alicyclic amines) is 1. The third-order valence-corrected chi connectivity index (χ3v) is 12.0. The molecule has 0 radical (unpaired) electrons. The molecule has 8 nitrogen and oxygen atoms in total. The van der Waals surface area contributed by atoms with Crippen molar-refractivity contribution >= 4 is 49.9 Å². The largest absolute Gasteiger partial charge is 0.371 e. The van der Waals surface area contributed by atoms with Crippen LogP contribution in [0.25, 0.3) is 11.0 Å². The number of hydrogen-bond donors (Lipinski definition) is 1. The van der Waals surface area contributed by atoms with Crippen molar-refractivity contribution in [3.05, 3.63) is 81.9 Å². The molecule has 1 spiro atoms. The summed E-state index contributed by atoms with van der Waals surface area (Å²) in [5, 5.41) is 0.246. The normalized spacial score (nSPS) is 17.9. The summed E-state index contributed by atoms with van der Waals surface area (Å²) in [6.07, 6.45) is 8.65. The maximum atomic E-state index is 13.4. The van der Waals surface area contributed by atoms with E-state index >= 15 is 0 Å². The Morgan fingerprint density at radius 1 is 0.976 bits per heavy atom. The number of aromatic nitrogens is 3. The van der Waals surface area contributed by atoms with Crippen molar-refractivity contribution in [2.45, 2.75) is 50.6 Å². The molecule has 0 amide bonds. The SMILES string of the molecule is Cc1ccc(Cl)c(S(=O)(=O)N(C)Cc2nc3cccc(CN4CCC5(CC4)CCN(c4ccncc4)CC5)c3[nH]2)c1Cl. The Kier molecular flexibility index (Phi) is 8.24. The number of aromatic amines is 1. The quantitative estimate of drug-likeness (QED) is 0.260. The standard InChI is InChI=1S/C31H36Cl2N6O2S/c1-22-6-7-25(32)30(28(22)33)42(40,41)37(2)21-27-35-26-5-3-4-23(29(26)36-27)20-38-16-10-31(11-17-38)12-18-39(19-13-31)24-8-14-34-15-9-24/h3-9,14-15H,10-13,16-21H2,1-2H3,(H,35,36). The summed E-state index contributed by atoms with van der Waals surface area (Å²) in [6.45, 7) is 7.02. The Hall–Kier alpha value is -2.69. The van der Waals surface area contributed by atoms with Crippen LogP contribution in [0, 0.1) is 12.3 Å². The molecule has 0 saturated carbocycles. The molecule has 2 aromatic carbocycles. The van der Waals surface area contributed by atoms with E-state index in [9.17, 15) is 8.42 Å². The van der Waals surface area contributed by atoms with Crippen LogP contribution in [0.2, 0.25) is 10.0 Å². The Morgan fingerprint density at radius 3 is 2.38 bits per heavy atom. The summed E-state index contributed by atoms with van der Waals surface area (Å²) in [4.78, 5) is 17.2. The van der Waals surface area contributed by atoms with Gasteiger partial charge in [-0.3, -0.25) is 9.88 Å². The summed E-state index contributed by atoms with van der Waals surface area (Å²) in [5.41, 5.74) is 5.32. The number of hydrogen-bond acceptors (Lipinski definition) is 6. The number of para-hydroxylation sites is 1. The van der Waals surface area contributed by atoms with Gasteiger partial charge in [0.05, 0.1) is 27.6 Å². The van der Waals surface area contributed by atoms with Crippen molar-refractivity contribution in [3.8, 4) is 0 Å². The number of rotatable bonds is 7. The maximum Gasteiger partial charge on any atom is 0.246 e. The Labute approximate surface area is 257 Å². The molecule has 2 fully saturated rings. The van der Waals surface area contributed by atoms with E-state index in [4.69, 9.17) is 28.2 Å². The summed E-state index contributed by atoms with van der Waals surface area (Å²) >= 11 is 12.6. The monoisotopic (exact) mass is 626 g/mol. The van der Waals surface area contributed by atoms with Crippen LogP contribution in [0.15, 0.2) is 59.8 Å². The van der Waals surface area contributed by atoms with Gasteiger partial charge in [0.25, 0.3) is 0 Å². The average Bonchev–Trinajstić information content (AvgIpc) is 3.41. The number of piperidine rings is 2. The number of anilines is 1. The lowest BCUT2D eigenvalue weighted by Gasteiger charge is -2.47. The minimum absolute atomic E-state index is 0.0692. The van der Waals surface area contributed by atoms with Gasteiger partial charge >= 0.3 is 0 Å². The average molecular weight is 628 g/mol.